The van der Waals surface area contributed by atoms with Crippen LogP contribution in [0, 0.1) is 29.1 Å². The Morgan fingerprint density at radius 3 is 1.56 bits per heavy atom. The predicted molar refractivity (Wildman–Crippen MR) is 50.2 cm³/mol. The molecule has 0 saturated carbocycles. The Morgan fingerprint density at radius 1 is 0.889 bits per heavy atom. The first kappa shape index (κ1) is 14.6. The van der Waals surface area contributed by atoms with Gasteiger partial charge in [-0.1, -0.05) is 0 Å². The van der Waals surface area contributed by atoms with Crippen molar-refractivity contribution in [2.45, 2.75) is 0 Å². The topological polar surface area (TPSA) is 34.1 Å². The lowest BCUT2D eigenvalue weighted by Gasteiger charge is -2.04. The first-order chi connectivity index (χ1) is 8.07. The average molecular weight is 290 g/mol. The number of hydrogen-bond acceptors (Lipinski definition) is 2. The van der Waals surface area contributed by atoms with E-state index in [4.69, 9.17) is 0 Å². The molecule has 0 unspecified atom stereocenters. The van der Waals surface area contributed by atoms with Crippen LogP contribution in [-0.4, -0.2) is 14.7 Å². The third-order valence-corrected chi connectivity index (χ3v) is 2.68. The number of sulfone groups is 1. The highest BCUT2D eigenvalue weighted by molar-refractivity contribution is 7.94. The van der Waals surface area contributed by atoms with Gasteiger partial charge in [0.15, 0.2) is 23.3 Å². The largest absolute Gasteiger partial charge is 0.222 e. The summed E-state index contributed by atoms with van der Waals surface area (Å²) in [5.41, 5.74) is -1.66. The van der Waals surface area contributed by atoms with Crippen LogP contribution in [0.5, 0.6) is 0 Å². The minimum atomic E-state index is -4.45. The summed E-state index contributed by atoms with van der Waals surface area (Å²) in [6, 6.07) is 0. The van der Waals surface area contributed by atoms with Crippen LogP contribution in [0.15, 0.2) is 5.16 Å². The van der Waals surface area contributed by atoms with E-state index in [0.717, 1.165) is 0 Å². The molecule has 0 saturated heterocycles. The second kappa shape index (κ2) is 4.63. The Bertz CT molecular complexity index is 606. The zero-order valence-corrected chi connectivity index (χ0v) is 9.39. The van der Waals surface area contributed by atoms with Gasteiger partial charge in [0.05, 0.1) is 5.56 Å². The van der Waals surface area contributed by atoms with E-state index in [9.17, 15) is 34.8 Å². The van der Waals surface area contributed by atoms with Crippen LogP contribution < -0.4 is 0 Å². The molecule has 0 aliphatic carbocycles. The molecule has 100 valence electrons. The third-order valence-electron chi connectivity index (χ3n) is 1.86. The van der Waals surface area contributed by atoms with Gasteiger partial charge in [0.1, 0.15) is 0 Å². The van der Waals surface area contributed by atoms with Crippen molar-refractivity contribution in [1.29, 1.82) is 0 Å². The van der Waals surface area contributed by atoms with Crippen molar-refractivity contribution in [2.75, 3.05) is 6.26 Å². The molecular formula is C9H4F6O2S. The number of hydrogen-bond donors (Lipinski definition) is 0. The molecule has 0 aliphatic rings. The summed E-state index contributed by atoms with van der Waals surface area (Å²) in [7, 11) is -4.45. The zero-order chi connectivity index (χ0) is 14.2. The van der Waals surface area contributed by atoms with Gasteiger partial charge in [-0.15, -0.1) is 0 Å². The molecule has 0 radical (unpaired) electrons. The Balaban J connectivity index is 3.63. The highest BCUT2D eigenvalue weighted by Gasteiger charge is 2.25. The van der Waals surface area contributed by atoms with Crippen LogP contribution in [0.2, 0.25) is 0 Å². The molecule has 1 aromatic rings. The minimum absolute atomic E-state index is 0.272. The lowest BCUT2D eigenvalue weighted by molar-refractivity contribution is 0.376. The smallest absolute Gasteiger partial charge is 0.215 e. The van der Waals surface area contributed by atoms with E-state index in [2.05, 4.69) is 0 Å². The van der Waals surface area contributed by atoms with Crippen LogP contribution in [0.25, 0.3) is 6.08 Å². The van der Waals surface area contributed by atoms with Crippen LogP contribution in [0.1, 0.15) is 5.56 Å². The maximum Gasteiger partial charge on any atom is 0.215 e. The molecule has 0 heterocycles. The summed E-state index contributed by atoms with van der Waals surface area (Å²) in [6.07, 6.45) is 0.0937. The van der Waals surface area contributed by atoms with Crippen molar-refractivity contribution in [1.82, 2.24) is 0 Å². The van der Waals surface area contributed by atoms with Crippen molar-refractivity contribution in [3.05, 3.63) is 39.8 Å². The first-order valence-corrected chi connectivity index (χ1v) is 6.05. The molecule has 0 amide bonds. The average Bonchev–Trinajstić information content (AvgIpc) is 2.28. The summed E-state index contributed by atoms with van der Waals surface area (Å²) < 4.78 is 98.2. The molecule has 0 spiro atoms. The van der Waals surface area contributed by atoms with E-state index in [0.29, 0.717) is 6.26 Å². The van der Waals surface area contributed by atoms with E-state index in [-0.39, 0.29) is 6.08 Å². The van der Waals surface area contributed by atoms with Crippen molar-refractivity contribution >= 4 is 15.9 Å². The van der Waals surface area contributed by atoms with E-state index < -0.39 is 49.6 Å². The maximum atomic E-state index is 13.0. The third kappa shape index (κ3) is 2.50. The van der Waals surface area contributed by atoms with E-state index in [1.165, 1.54) is 0 Å². The van der Waals surface area contributed by atoms with Crippen molar-refractivity contribution < 1.29 is 34.8 Å². The Hall–Kier alpha value is -1.51. The molecule has 0 N–H and O–H groups in total. The van der Waals surface area contributed by atoms with Gasteiger partial charge in [0, 0.05) is 6.26 Å². The van der Waals surface area contributed by atoms with E-state index >= 15 is 0 Å². The highest BCUT2D eigenvalue weighted by atomic mass is 32.2. The van der Waals surface area contributed by atoms with Crippen LogP contribution in [0.4, 0.5) is 26.3 Å². The van der Waals surface area contributed by atoms with E-state index in [1.54, 1.807) is 0 Å². The molecule has 1 aromatic carbocycles. The molecule has 0 atom stereocenters. The molecule has 9 heteroatoms. The highest BCUT2D eigenvalue weighted by Crippen LogP contribution is 2.25. The molecule has 0 fully saturated rings. The normalized spacial score (nSPS) is 12.9. The van der Waals surface area contributed by atoms with Gasteiger partial charge < -0.3 is 0 Å². The molecule has 0 bridgehead atoms. The fraction of sp³-hybridized carbons (Fsp3) is 0.111. The number of benzene rings is 1. The second-order valence-corrected chi connectivity index (χ2v) is 5.14. The lowest BCUT2D eigenvalue weighted by Crippen LogP contribution is -2.05. The van der Waals surface area contributed by atoms with Crippen molar-refractivity contribution in [2.24, 2.45) is 0 Å². The molecular weight excluding hydrogens is 286 g/mol. The Kier molecular flexibility index (Phi) is 3.75. The monoisotopic (exact) mass is 290 g/mol. The number of rotatable bonds is 2. The summed E-state index contributed by atoms with van der Waals surface area (Å²) >= 11 is 0. The van der Waals surface area contributed by atoms with Gasteiger partial charge in [-0.25, -0.2) is 30.4 Å². The molecule has 1 rings (SSSR count). The fourth-order valence-electron chi connectivity index (χ4n) is 0.969. The summed E-state index contributed by atoms with van der Waals surface area (Å²) in [5.74, 6) is -11.6. The predicted octanol–water partition coefficient (Wildman–Crippen LogP) is 2.69. The second-order valence-electron chi connectivity index (χ2n) is 3.20. The Labute approximate surface area is 97.5 Å². The molecule has 0 aromatic heterocycles. The summed E-state index contributed by atoms with van der Waals surface area (Å²) in [4.78, 5) is 0. The molecule has 0 aliphatic heterocycles. The Morgan fingerprint density at radius 2 is 1.22 bits per heavy atom. The van der Waals surface area contributed by atoms with Crippen molar-refractivity contribution in [3.8, 4) is 0 Å². The van der Waals surface area contributed by atoms with Gasteiger partial charge in [0.25, 0.3) is 0 Å². The van der Waals surface area contributed by atoms with E-state index in [1.807, 2.05) is 0 Å². The zero-order valence-electron chi connectivity index (χ0n) is 8.57. The SMILES string of the molecule is CS(=O)(=O)C(F)=Cc1c(F)c(F)c(F)c(F)c1F. The first-order valence-electron chi connectivity index (χ1n) is 4.16. The maximum absolute atomic E-state index is 13.0. The summed E-state index contributed by atoms with van der Waals surface area (Å²) in [5, 5.41) is -2.02. The van der Waals surface area contributed by atoms with Gasteiger partial charge in [-0.05, 0) is 6.08 Å². The fourth-order valence-corrected chi connectivity index (χ4v) is 1.30. The standard InChI is InChI=1S/C9H4F6O2S/c1-18(16,17)4(10)2-3-5(11)7(13)9(15)8(14)6(3)12/h2H,1H3. The van der Waals surface area contributed by atoms with Gasteiger partial charge in [0.2, 0.25) is 20.8 Å². The van der Waals surface area contributed by atoms with Crippen LogP contribution in [0.3, 0.4) is 0 Å². The molecule has 2 nitrogen and oxygen atoms in total. The number of halogens is 6. The van der Waals surface area contributed by atoms with Gasteiger partial charge in [-0.3, -0.25) is 0 Å². The van der Waals surface area contributed by atoms with Crippen LogP contribution in [-0.2, 0) is 9.84 Å². The van der Waals surface area contributed by atoms with Crippen molar-refractivity contribution in [3.63, 3.8) is 0 Å². The lowest BCUT2D eigenvalue weighted by atomic mass is 10.1. The van der Waals surface area contributed by atoms with Crippen LogP contribution >= 0.6 is 0 Å². The summed E-state index contributed by atoms with van der Waals surface area (Å²) in [6.45, 7) is 0. The van der Waals surface area contributed by atoms with Gasteiger partial charge >= 0.3 is 0 Å². The molecule has 18 heavy (non-hydrogen) atoms. The minimum Gasteiger partial charge on any atom is -0.222 e. The van der Waals surface area contributed by atoms with Gasteiger partial charge in [-0.2, -0.15) is 4.39 Å². The quantitative estimate of drug-likeness (QED) is 0.477.